The Morgan fingerprint density at radius 3 is 2.48 bits per heavy atom. The molecule has 0 aliphatic carbocycles. The number of anilines is 1. The highest BCUT2D eigenvalue weighted by molar-refractivity contribution is 5.98. The average Bonchev–Trinajstić information content (AvgIpc) is 2.51. The number of pyridine rings is 1. The normalized spacial score (nSPS) is 11.7. The molecular formula is C17H17FN2O3. The van der Waals surface area contributed by atoms with Gasteiger partial charge in [0.15, 0.2) is 11.9 Å². The summed E-state index contributed by atoms with van der Waals surface area (Å²) in [7, 11) is 0. The second-order valence-corrected chi connectivity index (χ2v) is 5.16. The zero-order chi connectivity index (χ0) is 17.0. The number of amides is 1. The van der Waals surface area contributed by atoms with Crippen LogP contribution in [0.5, 0.6) is 0 Å². The van der Waals surface area contributed by atoms with Crippen molar-refractivity contribution in [1.29, 1.82) is 0 Å². The number of ether oxygens (including phenoxy) is 1. The van der Waals surface area contributed by atoms with E-state index < -0.39 is 23.8 Å². The van der Waals surface area contributed by atoms with Crippen molar-refractivity contribution in [2.24, 2.45) is 0 Å². The zero-order valence-electron chi connectivity index (χ0n) is 13.1. The van der Waals surface area contributed by atoms with E-state index in [1.807, 2.05) is 32.0 Å². The molecule has 0 aliphatic rings. The number of rotatable bonds is 4. The minimum Gasteiger partial charge on any atom is -0.449 e. The number of aryl methyl sites for hydroxylation is 2. The molecule has 120 valence electrons. The second kappa shape index (κ2) is 7.00. The van der Waals surface area contributed by atoms with Crippen molar-refractivity contribution in [3.63, 3.8) is 0 Å². The molecule has 23 heavy (non-hydrogen) atoms. The number of esters is 1. The lowest BCUT2D eigenvalue weighted by atomic mass is 10.1. The van der Waals surface area contributed by atoms with E-state index in [9.17, 15) is 14.0 Å². The molecule has 1 atom stereocenters. The van der Waals surface area contributed by atoms with Gasteiger partial charge in [0.2, 0.25) is 0 Å². The van der Waals surface area contributed by atoms with E-state index in [4.69, 9.17) is 4.74 Å². The van der Waals surface area contributed by atoms with Crippen molar-refractivity contribution >= 4 is 17.6 Å². The molecule has 0 spiro atoms. The summed E-state index contributed by atoms with van der Waals surface area (Å²) < 4.78 is 18.5. The lowest BCUT2D eigenvalue weighted by Gasteiger charge is -2.16. The molecule has 0 aliphatic heterocycles. The number of aromatic nitrogens is 1. The number of hydrogen-bond acceptors (Lipinski definition) is 4. The fourth-order valence-corrected chi connectivity index (χ4v) is 2.05. The third-order valence-electron chi connectivity index (χ3n) is 3.37. The first kappa shape index (κ1) is 16.6. The first-order chi connectivity index (χ1) is 10.9. The van der Waals surface area contributed by atoms with E-state index in [1.54, 1.807) is 0 Å². The molecule has 5 nitrogen and oxygen atoms in total. The van der Waals surface area contributed by atoms with Crippen molar-refractivity contribution in [1.82, 2.24) is 4.98 Å². The third-order valence-corrected chi connectivity index (χ3v) is 3.37. The Hall–Kier alpha value is -2.76. The van der Waals surface area contributed by atoms with Crippen LogP contribution in [0.4, 0.5) is 10.1 Å². The highest BCUT2D eigenvalue weighted by atomic mass is 19.1. The third kappa shape index (κ3) is 3.91. The van der Waals surface area contributed by atoms with E-state index in [1.165, 1.54) is 19.2 Å². The van der Waals surface area contributed by atoms with Gasteiger partial charge in [0.05, 0.1) is 11.8 Å². The van der Waals surface area contributed by atoms with Crippen LogP contribution < -0.4 is 5.32 Å². The highest BCUT2D eigenvalue weighted by Gasteiger charge is 2.21. The Kier molecular flexibility index (Phi) is 5.05. The fraction of sp³-hybridized carbons (Fsp3) is 0.235. The summed E-state index contributed by atoms with van der Waals surface area (Å²) in [6.45, 7) is 5.16. The van der Waals surface area contributed by atoms with E-state index in [0.717, 1.165) is 17.3 Å². The Morgan fingerprint density at radius 2 is 1.87 bits per heavy atom. The Balaban J connectivity index is 2.06. The minimum atomic E-state index is -1.06. The summed E-state index contributed by atoms with van der Waals surface area (Å²) in [5, 5.41) is 2.73. The number of carbonyl (C=O) groups is 2. The van der Waals surface area contributed by atoms with E-state index in [2.05, 4.69) is 10.3 Å². The second-order valence-electron chi connectivity index (χ2n) is 5.16. The van der Waals surface area contributed by atoms with Gasteiger partial charge < -0.3 is 10.1 Å². The SMILES string of the molecule is Cc1cccc(C)c1NC(=O)[C@@H](C)OC(=O)c1ccncc1F. The van der Waals surface area contributed by atoms with Crippen LogP contribution in [0.2, 0.25) is 0 Å². The van der Waals surface area contributed by atoms with Crippen LogP contribution >= 0.6 is 0 Å². The van der Waals surface area contributed by atoms with Crippen molar-refractivity contribution in [2.45, 2.75) is 26.9 Å². The number of para-hydroxylation sites is 1. The number of nitrogens with one attached hydrogen (secondary N) is 1. The minimum absolute atomic E-state index is 0.258. The number of benzene rings is 1. The monoisotopic (exact) mass is 316 g/mol. The van der Waals surface area contributed by atoms with E-state index in [-0.39, 0.29) is 5.56 Å². The molecule has 1 amide bonds. The van der Waals surface area contributed by atoms with Crippen LogP contribution in [0.3, 0.4) is 0 Å². The van der Waals surface area contributed by atoms with Gasteiger partial charge in [-0.1, -0.05) is 18.2 Å². The molecule has 1 aromatic carbocycles. The van der Waals surface area contributed by atoms with Crippen molar-refractivity contribution in [3.8, 4) is 0 Å². The largest absolute Gasteiger partial charge is 0.449 e. The smallest absolute Gasteiger partial charge is 0.342 e. The van der Waals surface area contributed by atoms with Gasteiger partial charge in [-0.3, -0.25) is 9.78 Å². The van der Waals surface area contributed by atoms with Gasteiger partial charge in [0.1, 0.15) is 0 Å². The van der Waals surface area contributed by atoms with Crippen LogP contribution in [0.1, 0.15) is 28.4 Å². The number of carbonyl (C=O) groups excluding carboxylic acids is 2. The van der Waals surface area contributed by atoms with Crippen LogP contribution in [-0.2, 0) is 9.53 Å². The van der Waals surface area contributed by atoms with Crippen LogP contribution in [-0.4, -0.2) is 23.0 Å². The summed E-state index contributed by atoms with van der Waals surface area (Å²) in [4.78, 5) is 27.6. The molecule has 0 unspecified atom stereocenters. The molecule has 0 radical (unpaired) electrons. The number of halogens is 1. The molecule has 0 bridgehead atoms. The van der Waals surface area contributed by atoms with E-state index >= 15 is 0 Å². The quantitative estimate of drug-likeness (QED) is 0.880. The molecular weight excluding hydrogens is 299 g/mol. The fourth-order valence-electron chi connectivity index (χ4n) is 2.05. The maximum Gasteiger partial charge on any atom is 0.342 e. The number of hydrogen-bond donors (Lipinski definition) is 1. The summed E-state index contributed by atoms with van der Waals surface area (Å²) in [5.74, 6) is -2.18. The highest BCUT2D eigenvalue weighted by Crippen LogP contribution is 2.20. The molecule has 6 heteroatoms. The van der Waals surface area contributed by atoms with Gasteiger partial charge in [-0.2, -0.15) is 0 Å². The molecule has 1 heterocycles. The topological polar surface area (TPSA) is 68.3 Å². The molecule has 2 rings (SSSR count). The summed E-state index contributed by atoms with van der Waals surface area (Å²) in [6.07, 6.45) is 1.13. The average molecular weight is 316 g/mol. The molecule has 0 saturated heterocycles. The van der Waals surface area contributed by atoms with Crippen LogP contribution in [0.15, 0.2) is 36.7 Å². The van der Waals surface area contributed by atoms with Gasteiger partial charge in [0, 0.05) is 11.9 Å². The summed E-state index contributed by atoms with van der Waals surface area (Å²) in [5.41, 5.74) is 2.22. The van der Waals surface area contributed by atoms with E-state index in [0.29, 0.717) is 5.69 Å². The predicted octanol–water partition coefficient (Wildman–Crippen LogP) is 3.02. The van der Waals surface area contributed by atoms with Gasteiger partial charge in [-0.05, 0) is 38.0 Å². The first-order valence-electron chi connectivity index (χ1n) is 7.07. The van der Waals surface area contributed by atoms with Gasteiger partial charge in [-0.15, -0.1) is 0 Å². The lowest BCUT2D eigenvalue weighted by molar-refractivity contribution is -0.123. The van der Waals surface area contributed by atoms with Crippen molar-refractivity contribution in [2.75, 3.05) is 5.32 Å². The Morgan fingerprint density at radius 1 is 1.22 bits per heavy atom. The van der Waals surface area contributed by atoms with Gasteiger partial charge in [-0.25, -0.2) is 9.18 Å². The van der Waals surface area contributed by atoms with Crippen LogP contribution in [0, 0.1) is 19.7 Å². The van der Waals surface area contributed by atoms with Crippen LogP contribution in [0.25, 0.3) is 0 Å². The standard InChI is InChI=1S/C17H17FN2O3/c1-10-5-4-6-11(2)15(10)20-16(21)12(3)23-17(22)13-7-8-19-9-14(13)18/h4-9,12H,1-3H3,(H,20,21)/t12-/m1/s1. The lowest BCUT2D eigenvalue weighted by Crippen LogP contribution is -2.30. The molecule has 0 fully saturated rings. The maximum absolute atomic E-state index is 13.5. The first-order valence-corrected chi connectivity index (χ1v) is 7.07. The predicted molar refractivity (Wildman–Crippen MR) is 83.6 cm³/mol. The Bertz CT molecular complexity index is 726. The molecule has 1 aromatic heterocycles. The van der Waals surface area contributed by atoms with Gasteiger partial charge >= 0.3 is 5.97 Å². The summed E-state index contributed by atoms with van der Waals surface area (Å²) in [6, 6.07) is 6.82. The molecule has 0 saturated carbocycles. The van der Waals surface area contributed by atoms with Crippen molar-refractivity contribution in [3.05, 3.63) is 59.2 Å². The molecule has 1 N–H and O–H groups in total. The zero-order valence-corrected chi connectivity index (χ0v) is 13.1. The molecule has 2 aromatic rings. The van der Waals surface area contributed by atoms with Crippen molar-refractivity contribution < 1.29 is 18.7 Å². The maximum atomic E-state index is 13.5. The Labute approximate surface area is 133 Å². The summed E-state index contributed by atoms with van der Waals surface area (Å²) >= 11 is 0. The number of nitrogens with zero attached hydrogens (tertiary/aromatic N) is 1. The van der Waals surface area contributed by atoms with Gasteiger partial charge in [0.25, 0.3) is 5.91 Å².